The molecule has 10 heteroatoms. The predicted octanol–water partition coefficient (Wildman–Crippen LogP) is 2.89. The summed E-state index contributed by atoms with van der Waals surface area (Å²) in [7, 11) is 0. The molecular formula is C13H7F4N3O2S. The van der Waals surface area contributed by atoms with Gasteiger partial charge in [-0.05, 0) is 18.4 Å². The normalized spacial score (nSPS) is 11.3. The van der Waals surface area contributed by atoms with Gasteiger partial charge in [0.05, 0.1) is 5.56 Å². The molecule has 0 saturated carbocycles. The number of hydrogen-bond acceptors (Lipinski definition) is 5. The van der Waals surface area contributed by atoms with E-state index in [1.807, 2.05) is 0 Å². The maximum Gasteiger partial charge on any atom is 0.419 e. The van der Waals surface area contributed by atoms with Crippen molar-refractivity contribution in [2.75, 3.05) is 6.26 Å². The van der Waals surface area contributed by atoms with E-state index in [0.29, 0.717) is 6.07 Å². The molecule has 0 atom stereocenters. The monoisotopic (exact) mass is 345 g/mol. The van der Waals surface area contributed by atoms with Crippen molar-refractivity contribution in [3.8, 4) is 23.1 Å². The summed E-state index contributed by atoms with van der Waals surface area (Å²) in [5.41, 5.74) is -3.93. The first-order valence-corrected chi connectivity index (χ1v) is 7.10. The smallest absolute Gasteiger partial charge is 0.419 e. The Balaban J connectivity index is 2.79. The first-order chi connectivity index (χ1) is 10.7. The largest absolute Gasteiger partial charge is 0.504 e. The van der Waals surface area contributed by atoms with E-state index in [1.54, 1.807) is 6.26 Å². The molecule has 1 aromatic carbocycles. The van der Waals surface area contributed by atoms with Gasteiger partial charge >= 0.3 is 6.18 Å². The second kappa shape index (κ2) is 5.92. The minimum absolute atomic E-state index is 0.0590. The van der Waals surface area contributed by atoms with E-state index in [0.717, 1.165) is 17.8 Å². The molecule has 5 nitrogen and oxygen atoms in total. The van der Waals surface area contributed by atoms with Gasteiger partial charge in [0.1, 0.15) is 17.3 Å². The van der Waals surface area contributed by atoms with Gasteiger partial charge in [-0.15, -0.1) is 0 Å². The number of phenolic OH excluding ortho intramolecular Hbond substituents is 1. The summed E-state index contributed by atoms with van der Waals surface area (Å²) in [6, 6.07) is 2.70. The van der Waals surface area contributed by atoms with Crippen LogP contribution in [0.1, 0.15) is 11.1 Å². The van der Waals surface area contributed by atoms with Crippen LogP contribution in [0.15, 0.2) is 22.1 Å². The van der Waals surface area contributed by atoms with Gasteiger partial charge in [0.15, 0.2) is 16.7 Å². The lowest BCUT2D eigenvalue weighted by Gasteiger charge is -2.12. The fourth-order valence-electron chi connectivity index (χ4n) is 1.82. The Hall–Kier alpha value is -2.54. The number of H-pyrrole nitrogens is 1. The van der Waals surface area contributed by atoms with Crippen LogP contribution in [0.4, 0.5) is 17.6 Å². The molecule has 1 heterocycles. The molecule has 23 heavy (non-hydrogen) atoms. The van der Waals surface area contributed by atoms with Crippen molar-refractivity contribution in [1.29, 1.82) is 5.26 Å². The number of thioether (sulfide) groups is 1. The molecule has 0 aliphatic carbocycles. The van der Waals surface area contributed by atoms with Crippen molar-refractivity contribution < 1.29 is 22.7 Å². The van der Waals surface area contributed by atoms with E-state index in [2.05, 4.69) is 9.97 Å². The topological polar surface area (TPSA) is 89.8 Å². The summed E-state index contributed by atoms with van der Waals surface area (Å²) in [4.78, 5) is 17.9. The number of aromatic nitrogens is 2. The minimum atomic E-state index is -5.00. The molecule has 0 amide bonds. The maximum absolute atomic E-state index is 13.8. The number of hydrogen-bond donors (Lipinski definition) is 2. The summed E-state index contributed by atoms with van der Waals surface area (Å²) in [5, 5.41) is 18.8. The molecule has 0 spiro atoms. The average molecular weight is 345 g/mol. The van der Waals surface area contributed by atoms with E-state index < -0.39 is 45.7 Å². The number of rotatable bonds is 2. The Kier molecular flexibility index (Phi) is 4.33. The Morgan fingerprint density at radius 2 is 2.04 bits per heavy atom. The highest BCUT2D eigenvalue weighted by Crippen LogP contribution is 2.39. The Morgan fingerprint density at radius 3 is 2.57 bits per heavy atom. The van der Waals surface area contributed by atoms with Gasteiger partial charge in [-0.2, -0.15) is 18.4 Å². The Morgan fingerprint density at radius 1 is 1.39 bits per heavy atom. The third-order valence-corrected chi connectivity index (χ3v) is 3.46. The van der Waals surface area contributed by atoms with Crippen molar-refractivity contribution in [1.82, 2.24) is 9.97 Å². The molecule has 0 aliphatic rings. The molecule has 0 fully saturated rings. The number of phenols is 1. The van der Waals surface area contributed by atoms with Crippen LogP contribution >= 0.6 is 11.8 Å². The molecular weight excluding hydrogens is 338 g/mol. The van der Waals surface area contributed by atoms with Gasteiger partial charge in [-0.1, -0.05) is 11.8 Å². The first kappa shape index (κ1) is 16.8. The molecule has 2 rings (SSSR count). The van der Waals surface area contributed by atoms with Crippen LogP contribution < -0.4 is 5.56 Å². The van der Waals surface area contributed by atoms with E-state index in [4.69, 9.17) is 5.26 Å². The van der Waals surface area contributed by atoms with Crippen molar-refractivity contribution >= 4 is 11.8 Å². The second-order valence-electron chi connectivity index (χ2n) is 4.23. The van der Waals surface area contributed by atoms with Gasteiger partial charge in [0, 0.05) is 5.56 Å². The van der Waals surface area contributed by atoms with Crippen LogP contribution in [0.2, 0.25) is 0 Å². The lowest BCUT2D eigenvalue weighted by molar-refractivity contribution is -0.140. The van der Waals surface area contributed by atoms with Crippen molar-refractivity contribution in [3.05, 3.63) is 39.4 Å². The van der Waals surface area contributed by atoms with Crippen LogP contribution in [-0.2, 0) is 6.18 Å². The van der Waals surface area contributed by atoms with Crippen LogP contribution in [0.3, 0.4) is 0 Å². The highest BCUT2D eigenvalue weighted by atomic mass is 32.2. The molecule has 2 N–H and O–H groups in total. The third-order valence-electron chi connectivity index (χ3n) is 2.88. The number of aromatic hydroxyl groups is 1. The van der Waals surface area contributed by atoms with Crippen molar-refractivity contribution in [3.63, 3.8) is 0 Å². The van der Waals surface area contributed by atoms with E-state index >= 15 is 0 Å². The van der Waals surface area contributed by atoms with Gasteiger partial charge < -0.3 is 10.1 Å². The molecule has 120 valence electrons. The van der Waals surface area contributed by atoms with Crippen molar-refractivity contribution in [2.24, 2.45) is 0 Å². The molecule has 0 bridgehead atoms. The van der Waals surface area contributed by atoms with Gasteiger partial charge in [0.25, 0.3) is 5.56 Å². The Bertz CT molecular complexity index is 871. The zero-order valence-electron chi connectivity index (χ0n) is 11.3. The zero-order valence-corrected chi connectivity index (χ0v) is 12.1. The summed E-state index contributed by atoms with van der Waals surface area (Å²) in [6.45, 7) is 0. The molecule has 0 radical (unpaired) electrons. The van der Waals surface area contributed by atoms with Crippen LogP contribution in [0.25, 0.3) is 11.3 Å². The summed E-state index contributed by atoms with van der Waals surface area (Å²) in [5.74, 6) is -3.23. The fraction of sp³-hybridized carbons (Fsp3) is 0.154. The molecule has 2 aromatic rings. The van der Waals surface area contributed by atoms with E-state index in [1.165, 1.54) is 6.07 Å². The average Bonchev–Trinajstić information content (AvgIpc) is 2.47. The summed E-state index contributed by atoms with van der Waals surface area (Å²) >= 11 is 0.997. The van der Waals surface area contributed by atoms with E-state index in [9.17, 15) is 27.5 Å². The van der Waals surface area contributed by atoms with Crippen LogP contribution in [-0.4, -0.2) is 21.3 Å². The standard InChI is InChI=1S/C13H7F4N3O2S/c1-23-12-19-9(6(4-18)11(22)20-12)5-2-3-7(13(15,16)17)8(14)10(5)21/h2-3,21H,1H3,(H,19,20,22). The highest BCUT2D eigenvalue weighted by Gasteiger charge is 2.36. The Labute approximate surface area is 130 Å². The number of nitriles is 1. The number of nitrogens with zero attached hydrogens (tertiary/aromatic N) is 2. The lowest BCUT2D eigenvalue weighted by atomic mass is 10.0. The van der Waals surface area contributed by atoms with Gasteiger partial charge in [-0.25, -0.2) is 9.37 Å². The second-order valence-corrected chi connectivity index (χ2v) is 5.03. The number of alkyl halides is 3. The first-order valence-electron chi connectivity index (χ1n) is 5.88. The van der Waals surface area contributed by atoms with Gasteiger partial charge in [-0.3, -0.25) is 4.79 Å². The summed E-state index contributed by atoms with van der Waals surface area (Å²) in [6.07, 6.45) is -3.44. The maximum atomic E-state index is 13.8. The minimum Gasteiger partial charge on any atom is -0.504 e. The fourth-order valence-corrected chi connectivity index (χ4v) is 2.20. The lowest BCUT2D eigenvalue weighted by Crippen LogP contribution is -2.15. The number of nitrogens with one attached hydrogen (secondary N) is 1. The molecule has 1 aromatic heterocycles. The summed E-state index contributed by atoms with van der Waals surface area (Å²) < 4.78 is 51.6. The highest BCUT2D eigenvalue weighted by molar-refractivity contribution is 7.98. The predicted molar refractivity (Wildman–Crippen MR) is 73.4 cm³/mol. The molecule has 0 aliphatic heterocycles. The molecule has 0 saturated heterocycles. The van der Waals surface area contributed by atoms with Crippen LogP contribution in [0, 0.1) is 17.1 Å². The third kappa shape index (κ3) is 3.00. The SMILES string of the molecule is CSc1nc(-c2ccc(C(F)(F)F)c(F)c2O)c(C#N)c(=O)[nH]1. The zero-order chi connectivity index (χ0) is 17.4. The number of benzene rings is 1. The van der Waals surface area contributed by atoms with Crippen molar-refractivity contribution in [2.45, 2.75) is 11.3 Å². The number of aromatic amines is 1. The van der Waals surface area contributed by atoms with Gasteiger partial charge in [0.2, 0.25) is 0 Å². The van der Waals surface area contributed by atoms with Crippen LogP contribution in [0.5, 0.6) is 5.75 Å². The molecule has 0 unspecified atom stereocenters. The number of halogens is 4. The quantitative estimate of drug-likeness (QED) is 0.496. The van der Waals surface area contributed by atoms with E-state index in [-0.39, 0.29) is 5.16 Å².